The van der Waals surface area contributed by atoms with Crippen LogP contribution in [-0.2, 0) is 16.6 Å². The molecule has 2 heterocycles. The van der Waals surface area contributed by atoms with Gasteiger partial charge in [0.15, 0.2) is 0 Å². The zero-order chi connectivity index (χ0) is 15.0. The summed E-state index contributed by atoms with van der Waals surface area (Å²) in [5.41, 5.74) is 5.44. The topological polar surface area (TPSA) is 63.4 Å². The van der Waals surface area contributed by atoms with E-state index < -0.39 is 21.8 Å². The molecule has 0 saturated heterocycles. The maximum absolute atomic E-state index is 12.5. The Kier molecular flexibility index (Phi) is 4.24. The van der Waals surface area contributed by atoms with Crippen LogP contribution in [0, 0.1) is 0 Å². The lowest BCUT2D eigenvalue weighted by Crippen LogP contribution is -2.36. The predicted molar refractivity (Wildman–Crippen MR) is 69.7 cm³/mol. The van der Waals surface area contributed by atoms with Crippen molar-refractivity contribution in [3.05, 3.63) is 28.7 Å². The van der Waals surface area contributed by atoms with Crippen LogP contribution in [0.2, 0.25) is 0 Å². The zero-order valence-corrected chi connectivity index (χ0v) is 12.0. The molecule has 20 heavy (non-hydrogen) atoms. The summed E-state index contributed by atoms with van der Waals surface area (Å²) >= 11 is 1.03. The van der Waals surface area contributed by atoms with Gasteiger partial charge in [-0.05, 0) is 23.4 Å². The summed E-state index contributed by atoms with van der Waals surface area (Å²) in [6, 6.07) is 1.46. The van der Waals surface area contributed by atoms with E-state index in [0.717, 1.165) is 21.7 Å². The Labute approximate surface area is 118 Å². The van der Waals surface area contributed by atoms with Gasteiger partial charge in [0, 0.05) is 25.2 Å². The second-order valence-electron chi connectivity index (χ2n) is 4.32. The van der Waals surface area contributed by atoms with E-state index in [4.69, 9.17) is 5.73 Å². The van der Waals surface area contributed by atoms with Crippen LogP contribution in [0.1, 0.15) is 12.0 Å². The lowest BCUT2D eigenvalue weighted by atomic mass is 10.1. The van der Waals surface area contributed by atoms with Crippen molar-refractivity contribution >= 4 is 21.4 Å². The monoisotopic (exact) mass is 326 g/mol. The Bertz CT molecular complexity index is 620. The van der Waals surface area contributed by atoms with E-state index in [1.54, 1.807) is 5.38 Å². The van der Waals surface area contributed by atoms with E-state index in [0.29, 0.717) is 5.56 Å². The number of rotatable bonds is 3. The van der Waals surface area contributed by atoms with Gasteiger partial charge in [0.25, 0.3) is 10.0 Å². The SMILES string of the molecule is NCc1csc(S(=O)(=O)N2CC=C(C(F)(F)F)CC2)c1. The third kappa shape index (κ3) is 3.05. The van der Waals surface area contributed by atoms with Gasteiger partial charge in [-0.3, -0.25) is 0 Å². The molecule has 0 spiro atoms. The highest BCUT2D eigenvalue weighted by Gasteiger charge is 2.37. The van der Waals surface area contributed by atoms with Gasteiger partial charge >= 0.3 is 6.18 Å². The summed E-state index contributed by atoms with van der Waals surface area (Å²) < 4.78 is 63.1. The Morgan fingerprint density at radius 2 is 2.10 bits per heavy atom. The van der Waals surface area contributed by atoms with Crippen LogP contribution in [0.4, 0.5) is 13.2 Å². The number of nitrogens with two attached hydrogens (primary N) is 1. The lowest BCUT2D eigenvalue weighted by Gasteiger charge is -2.26. The molecule has 2 rings (SSSR count). The van der Waals surface area contributed by atoms with Crippen LogP contribution in [-0.4, -0.2) is 32.0 Å². The van der Waals surface area contributed by atoms with E-state index in [2.05, 4.69) is 0 Å². The molecule has 2 N–H and O–H groups in total. The van der Waals surface area contributed by atoms with E-state index in [1.807, 2.05) is 0 Å². The average molecular weight is 326 g/mol. The molecule has 0 aromatic carbocycles. The lowest BCUT2D eigenvalue weighted by molar-refractivity contribution is -0.0953. The van der Waals surface area contributed by atoms with Crippen molar-refractivity contribution in [2.45, 2.75) is 23.4 Å². The molecule has 0 saturated carbocycles. The first-order valence-electron chi connectivity index (χ1n) is 5.79. The quantitative estimate of drug-likeness (QED) is 0.865. The normalized spacial score (nSPS) is 18.1. The van der Waals surface area contributed by atoms with Crippen molar-refractivity contribution < 1.29 is 21.6 Å². The molecule has 0 fully saturated rings. The second kappa shape index (κ2) is 5.47. The highest BCUT2D eigenvalue weighted by Crippen LogP contribution is 2.32. The van der Waals surface area contributed by atoms with Gasteiger partial charge in [-0.2, -0.15) is 17.5 Å². The number of thiophene rings is 1. The molecule has 112 valence electrons. The molecular weight excluding hydrogens is 313 g/mol. The molecule has 0 radical (unpaired) electrons. The summed E-state index contributed by atoms with van der Waals surface area (Å²) in [6.07, 6.45) is -3.78. The Hall–Kier alpha value is -0.900. The molecule has 0 amide bonds. The molecule has 0 unspecified atom stereocenters. The fourth-order valence-electron chi connectivity index (χ4n) is 1.85. The second-order valence-corrected chi connectivity index (χ2v) is 7.39. The highest BCUT2D eigenvalue weighted by molar-refractivity contribution is 7.91. The Morgan fingerprint density at radius 3 is 2.55 bits per heavy atom. The van der Waals surface area contributed by atoms with Crippen LogP contribution in [0.25, 0.3) is 0 Å². The summed E-state index contributed by atoms with van der Waals surface area (Å²) in [6.45, 7) is -0.194. The summed E-state index contributed by atoms with van der Waals surface area (Å²) in [5.74, 6) is 0. The number of hydrogen-bond donors (Lipinski definition) is 1. The van der Waals surface area contributed by atoms with Crippen LogP contribution in [0.5, 0.6) is 0 Å². The molecule has 1 aromatic rings. The van der Waals surface area contributed by atoms with Gasteiger partial charge in [-0.15, -0.1) is 11.3 Å². The smallest absolute Gasteiger partial charge is 0.326 e. The standard InChI is InChI=1S/C11H13F3N2O2S2/c12-11(13,14)9-1-3-16(4-2-9)20(17,18)10-5-8(6-15)7-19-10/h1,5,7H,2-4,6,15H2. The number of nitrogens with zero attached hydrogens (tertiary/aromatic N) is 1. The van der Waals surface area contributed by atoms with Gasteiger partial charge < -0.3 is 5.73 Å². The minimum absolute atomic E-state index is 0.113. The zero-order valence-electron chi connectivity index (χ0n) is 10.4. The first-order valence-corrected chi connectivity index (χ1v) is 8.11. The Balaban J connectivity index is 2.19. The molecule has 0 atom stereocenters. The van der Waals surface area contributed by atoms with Crippen molar-refractivity contribution in [2.24, 2.45) is 5.73 Å². The van der Waals surface area contributed by atoms with Crippen molar-refractivity contribution in [2.75, 3.05) is 13.1 Å². The van der Waals surface area contributed by atoms with Crippen LogP contribution in [0.3, 0.4) is 0 Å². The van der Waals surface area contributed by atoms with Gasteiger partial charge in [-0.1, -0.05) is 6.08 Å². The first kappa shape index (κ1) is 15.5. The van der Waals surface area contributed by atoms with Crippen molar-refractivity contribution in [1.82, 2.24) is 4.31 Å². The first-order chi connectivity index (χ1) is 9.25. The van der Waals surface area contributed by atoms with Crippen LogP contribution >= 0.6 is 11.3 Å². The fourth-order valence-corrected chi connectivity index (χ4v) is 4.60. The molecule has 1 aliphatic rings. The van der Waals surface area contributed by atoms with Crippen LogP contribution < -0.4 is 5.73 Å². The average Bonchev–Trinajstić information content (AvgIpc) is 2.87. The molecule has 1 aliphatic heterocycles. The maximum atomic E-state index is 12.5. The third-order valence-corrected chi connectivity index (χ3v) is 6.32. The minimum Gasteiger partial charge on any atom is -0.326 e. The van der Waals surface area contributed by atoms with Crippen LogP contribution in [0.15, 0.2) is 27.3 Å². The molecule has 9 heteroatoms. The molecule has 1 aromatic heterocycles. The number of hydrogen-bond acceptors (Lipinski definition) is 4. The minimum atomic E-state index is -4.38. The molecular formula is C11H13F3N2O2S2. The number of sulfonamides is 1. The molecule has 0 aliphatic carbocycles. The van der Waals surface area contributed by atoms with E-state index in [9.17, 15) is 21.6 Å². The predicted octanol–water partition coefficient (Wildman–Crippen LogP) is 2.09. The van der Waals surface area contributed by atoms with Gasteiger partial charge in [0.1, 0.15) is 4.21 Å². The van der Waals surface area contributed by atoms with E-state index in [-0.39, 0.29) is 30.3 Å². The van der Waals surface area contributed by atoms with E-state index >= 15 is 0 Å². The molecule has 4 nitrogen and oxygen atoms in total. The van der Waals surface area contributed by atoms with Gasteiger partial charge in [-0.25, -0.2) is 8.42 Å². The number of alkyl halides is 3. The van der Waals surface area contributed by atoms with Gasteiger partial charge in [0.2, 0.25) is 0 Å². The summed E-state index contributed by atoms with van der Waals surface area (Å²) in [5, 5.41) is 1.63. The number of halogens is 3. The maximum Gasteiger partial charge on any atom is 0.412 e. The van der Waals surface area contributed by atoms with E-state index in [1.165, 1.54) is 6.07 Å². The van der Waals surface area contributed by atoms with Crippen molar-refractivity contribution in [3.8, 4) is 0 Å². The van der Waals surface area contributed by atoms with Crippen molar-refractivity contribution in [3.63, 3.8) is 0 Å². The fraction of sp³-hybridized carbons (Fsp3) is 0.455. The summed E-state index contributed by atoms with van der Waals surface area (Å²) in [7, 11) is -3.74. The summed E-state index contributed by atoms with van der Waals surface area (Å²) in [4.78, 5) is 0. The largest absolute Gasteiger partial charge is 0.412 e. The highest BCUT2D eigenvalue weighted by atomic mass is 32.2. The van der Waals surface area contributed by atoms with Gasteiger partial charge in [0.05, 0.1) is 0 Å². The Morgan fingerprint density at radius 1 is 1.40 bits per heavy atom. The van der Waals surface area contributed by atoms with Crippen molar-refractivity contribution in [1.29, 1.82) is 0 Å². The third-order valence-electron chi connectivity index (χ3n) is 3.00. The molecule has 0 bridgehead atoms.